The lowest BCUT2D eigenvalue weighted by molar-refractivity contribution is -0.140. The summed E-state index contributed by atoms with van der Waals surface area (Å²) in [4.78, 5) is 25.3. The SMILES string of the molecule is COC(CCC1C(=O)OCN1C(=O)OCc1ccccc1)OC. The van der Waals surface area contributed by atoms with Crippen molar-refractivity contribution in [3.05, 3.63) is 35.9 Å². The molecule has 1 aliphatic heterocycles. The molecule has 2 rings (SSSR count). The highest BCUT2D eigenvalue weighted by atomic mass is 16.7. The zero-order chi connectivity index (χ0) is 16.7. The minimum atomic E-state index is -0.675. The van der Waals surface area contributed by atoms with Crippen LogP contribution in [0.4, 0.5) is 4.79 Å². The number of hydrogen-bond acceptors (Lipinski definition) is 6. The van der Waals surface area contributed by atoms with E-state index >= 15 is 0 Å². The third-order valence-corrected chi connectivity index (χ3v) is 3.64. The normalized spacial score (nSPS) is 17.4. The molecule has 0 saturated carbocycles. The van der Waals surface area contributed by atoms with E-state index in [1.165, 1.54) is 19.1 Å². The number of cyclic esters (lactones) is 1. The van der Waals surface area contributed by atoms with Crippen LogP contribution in [0.1, 0.15) is 18.4 Å². The summed E-state index contributed by atoms with van der Waals surface area (Å²) in [5.41, 5.74) is 0.877. The summed E-state index contributed by atoms with van der Waals surface area (Å²) >= 11 is 0. The summed E-state index contributed by atoms with van der Waals surface area (Å²) in [6, 6.07) is 8.66. The topological polar surface area (TPSA) is 74.3 Å². The second kappa shape index (κ2) is 8.50. The number of carbonyl (C=O) groups excluding carboxylic acids is 2. The molecule has 0 spiro atoms. The van der Waals surface area contributed by atoms with E-state index in [4.69, 9.17) is 18.9 Å². The first-order chi connectivity index (χ1) is 11.2. The Kier molecular flexibility index (Phi) is 6.37. The van der Waals surface area contributed by atoms with Crippen LogP contribution in [0, 0.1) is 0 Å². The Morgan fingerprint density at radius 2 is 2.00 bits per heavy atom. The lowest BCUT2D eigenvalue weighted by atomic mass is 10.1. The van der Waals surface area contributed by atoms with Crippen LogP contribution in [-0.2, 0) is 30.3 Å². The van der Waals surface area contributed by atoms with Crippen molar-refractivity contribution in [1.29, 1.82) is 0 Å². The van der Waals surface area contributed by atoms with Gasteiger partial charge in [0, 0.05) is 20.6 Å². The van der Waals surface area contributed by atoms with Gasteiger partial charge in [-0.25, -0.2) is 9.59 Å². The average Bonchev–Trinajstić information content (AvgIpc) is 2.95. The standard InChI is InChI=1S/C16H21NO6/c1-20-14(21-2)9-8-13-15(18)23-11-17(13)16(19)22-10-12-6-4-3-5-7-12/h3-7,13-14H,8-11H2,1-2H3. The maximum Gasteiger partial charge on any atom is 0.413 e. The molecule has 1 heterocycles. The maximum atomic E-state index is 12.2. The first kappa shape index (κ1) is 17.2. The fraction of sp³-hybridized carbons (Fsp3) is 0.500. The monoisotopic (exact) mass is 323 g/mol. The molecule has 1 fully saturated rings. The minimum Gasteiger partial charge on any atom is -0.444 e. The molecule has 0 aliphatic carbocycles. The van der Waals surface area contributed by atoms with Crippen LogP contribution in [0.15, 0.2) is 30.3 Å². The van der Waals surface area contributed by atoms with Crippen LogP contribution in [0.2, 0.25) is 0 Å². The number of carbonyl (C=O) groups is 2. The van der Waals surface area contributed by atoms with Crippen molar-refractivity contribution in [2.24, 2.45) is 0 Å². The number of nitrogens with zero attached hydrogens (tertiary/aromatic N) is 1. The summed E-state index contributed by atoms with van der Waals surface area (Å²) in [5.74, 6) is -0.437. The molecule has 126 valence electrons. The van der Waals surface area contributed by atoms with E-state index in [1.807, 2.05) is 30.3 Å². The summed E-state index contributed by atoms with van der Waals surface area (Å²) in [6.07, 6.45) is -0.150. The number of benzene rings is 1. The quantitative estimate of drug-likeness (QED) is 0.564. The zero-order valence-electron chi connectivity index (χ0n) is 13.3. The highest BCUT2D eigenvalue weighted by Crippen LogP contribution is 2.19. The van der Waals surface area contributed by atoms with Gasteiger partial charge in [0.2, 0.25) is 0 Å². The molecule has 1 unspecified atom stereocenters. The molecule has 0 aromatic heterocycles. The average molecular weight is 323 g/mol. The van der Waals surface area contributed by atoms with Crippen LogP contribution >= 0.6 is 0 Å². The van der Waals surface area contributed by atoms with Gasteiger partial charge in [0.25, 0.3) is 0 Å². The van der Waals surface area contributed by atoms with Gasteiger partial charge in [-0.2, -0.15) is 0 Å². The van der Waals surface area contributed by atoms with E-state index in [-0.39, 0.29) is 13.3 Å². The van der Waals surface area contributed by atoms with Crippen molar-refractivity contribution in [2.45, 2.75) is 31.8 Å². The Labute approximate surface area is 135 Å². The molecule has 7 heteroatoms. The molecule has 1 saturated heterocycles. The number of hydrogen-bond donors (Lipinski definition) is 0. The Balaban J connectivity index is 1.88. The Hall–Kier alpha value is -2.12. The largest absolute Gasteiger partial charge is 0.444 e. The molecular weight excluding hydrogens is 302 g/mol. The fourth-order valence-electron chi connectivity index (χ4n) is 2.33. The van der Waals surface area contributed by atoms with Crippen LogP contribution in [0.3, 0.4) is 0 Å². The van der Waals surface area contributed by atoms with Crippen molar-refractivity contribution in [1.82, 2.24) is 4.90 Å². The molecule has 0 N–H and O–H groups in total. The van der Waals surface area contributed by atoms with Crippen LogP contribution < -0.4 is 0 Å². The number of rotatable bonds is 7. The van der Waals surface area contributed by atoms with Crippen molar-refractivity contribution in [2.75, 3.05) is 21.0 Å². The molecular formula is C16H21NO6. The fourth-order valence-corrected chi connectivity index (χ4v) is 2.33. The molecule has 0 radical (unpaired) electrons. The molecule has 1 amide bonds. The van der Waals surface area contributed by atoms with E-state index in [9.17, 15) is 9.59 Å². The smallest absolute Gasteiger partial charge is 0.413 e. The molecule has 0 bridgehead atoms. The van der Waals surface area contributed by atoms with Gasteiger partial charge in [-0.15, -0.1) is 0 Å². The summed E-state index contributed by atoms with van der Waals surface area (Å²) in [6.45, 7) is 0.0532. The van der Waals surface area contributed by atoms with Gasteiger partial charge in [-0.05, 0) is 12.0 Å². The Morgan fingerprint density at radius 1 is 1.30 bits per heavy atom. The predicted octanol–water partition coefficient (Wildman–Crippen LogP) is 1.91. The van der Waals surface area contributed by atoms with Crippen molar-refractivity contribution >= 4 is 12.1 Å². The first-order valence-corrected chi connectivity index (χ1v) is 7.35. The van der Waals surface area contributed by atoms with Gasteiger partial charge in [0.15, 0.2) is 13.0 Å². The van der Waals surface area contributed by atoms with Crippen LogP contribution in [-0.4, -0.2) is 50.2 Å². The van der Waals surface area contributed by atoms with Crippen molar-refractivity contribution in [3.8, 4) is 0 Å². The number of ether oxygens (including phenoxy) is 4. The third-order valence-electron chi connectivity index (χ3n) is 3.64. The third kappa shape index (κ3) is 4.67. The Bertz CT molecular complexity index is 517. The first-order valence-electron chi connectivity index (χ1n) is 7.35. The number of esters is 1. The van der Waals surface area contributed by atoms with E-state index in [0.29, 0.717) is 12.8 Å². The molecule has 1 aliphatic rings. The van der Waals surface area contributed by atoms with Crippen LogP contribution in [0.5, 0.6) is 0 Å². The minimum absolute atomic E-state index is 0.0955. The highest BCUT2D eigenvalue weighted by Gasteiger charge is 2.38. The number of amides is 1. The second-order valence-corrected chi connectivity index (χ2v) is 5.10. The van der Waals surface area contributed by atoms with Gasteiger partial charge < -0.3 is 18.9 Å². The van der Waals surface area contributed by atoms with Gasteiger partial charge in [0.1, 0.15) is 12.6 Å². The van der Waals surface area contributed by atoms with Gasteiger partial charge in [-0.1, -0.05) is 30.3 Å². The molecule has 7 nitrogen and oxygen atoms in total. The zero-order valence-corrected chi connectivity index (χ0v) is 13.3. The summed E-state index contributed by atoms with van der Waals surface area (Å²) < 4.78 is 20.4. The van der Waals surface area contributed by atoms with Crippen molar-refractivity contribution in [3.63, 3.8) is 0 Å². The van der Waals surface area contributed by atoms with E-state index in [0.717, 1.165) is 5.56 Å². The molecule has 23 heavy (non-hydrogen) atoms. The Morgan fingerprint density at radius 3 is 2.65 bits per heavy atom. The molecule has 1 atom stereocenters. The van der Waals surface area contributed by atoms with Gasteiger partial charge >= 0.3 is 12.1 Å². The van der Waals surface area contributed by atoms with Crippen LogP contribution in [0.25, 0.3) is 0 Å². The van der Waals surface area contributed by atoms with Gasteiger partial charge in [0.05, 0.1) is 0 Å². The molecule has 1 aromatic carbocycles. The molecule has 1 aromatic rings. The predicted molar refractivity (Wildman–Crippen MR) is 80.3 cm³/mol. The lowest BCUT2D eigenvalue weighted by Gasteiger charge is -2.21. The van der Waals surface area contributed by atoms with E-state index in [1.54, 1.807) is 0 Å². The van der Waals surface area contributed by atoms with E-state index in [2.05, 4.69) is 0 Å². The van der Waals surface area contributed by atoms with Crippen molar-refractivity contribution < 1.29 is 28.5 Å². The second-order valence-electron chi connectivity index (χ2n) is 5.10. The van der Waals surface area contributed by atoms with Gasteiger partial charge in [-0.3, -0.25) is 4.90 Å². The highest BCUT2D eigenvalue weighted by molar-refractivity contribution is 5.83. The summed E-state index contributed by atoms with van der Waals surface area (Å²) in [7, 11) is 3.04. The summed E-state index contributed by atoms with van der Waals surface area (Å²) in [5, 5.41) is 0. The van der Waals surface area contributed by atoms with E-state index < -0.39 is 24.4 Å². The number of methoxy groups -OCH3 is 2. The lowest BCUT2D eigenvalue weighted by Crippen LogP contribution is -2.39. The maximum absolute atomic E-state index is 12.2.